The lowest BCUT2D eigenvalue weighted by Gasteiger charge is -2.44. The maximum atomic E-state index is 13.4. The number of piperidine rings is 1. The fourth-order valence-electron chi connectivity index (χ4n) is 5.07. The summed E-state index contributed by atoms with van der Waals surface area (Å²) in [6.07, 6.45) is 1.25. The Hall–Kier alpha value is -4.38. The quantitative estimate of drug-likeness (QED) is 0.225. The number of aromatic nitrogens is 1. The highest BCUT2D eigenvalue weighted by Crippen LogP contribution is 2.40. The van der Waals surface area contributed by atoms with Crippen LogP contribution in [0.15, 0.2) is 47.6 Å². The molecule has 4 N–H and O–H groups in total. The minimum Gasteiger partial charge on any atom is -0.496 e. The molecule has 0 bridgehead atoms. The van der Waals surface area contributed by atoms with Gasteiger partial charge < -0.3 is 24.8 Å². The number of ether oxygens (including phenoxy) is 3. The molecule has 2 aliphatic heterocycles. The number of para-hydroxylation sites is 1. The summed E-state index contributed by atoms with van der Waals surface area (Å²) >= 11 is 0. The number of fused-ring (bicyclic) bond motifs is 2. The first-order valence-electron chi connectivity index (χ1n) is 12.2. The second kappa shape index (κ2) is 9.82. The Balaban J connectivity index is 1.34. The number of carbonyl (C=O) groups is 2. The first-order valence-corrected chi connectivity index (χ1v) is 12.2. The Morgan fingerprint density at radius 1 is 1.13 bits per heavy atom. The van der Waals surface area contributed by atoms with Crippen LogP contribution < -0.4 is 25.8 Å². The number of hydrogen-bond acceptors (Lipinski definition) is 9. The van der Waals surface area contributed by atoms with Gasteiger partial charge in [-0.2, -0.15) is 0 Å². The van der Waals surface area contributed by atoms with Crippen molar-refractivity contribution in [2.75, 3.05) is 34.4 Å². The summed E-state index contributed by atoms with van der Waals surface area (Å²) in [7, 11) is 4.68. The van der Waals surface area contributed by atoms with Crippen molar-refractivity contribution in [3.63, 3.8) is 0 Å². The molecule has 5 rings (SSSR count). The predicted molar refractivity (Wildman–Crippen MR) is 141 cm³/mol. The summed E-state index contributed by atoms with van der Waals surface area (Å²) in [6, 6.07) is 12.3. The number of hydrogen-bond donors (Lipinski definition) is 2. The first kappa shape index (κ1) is 25.3. The number of nitrogens with zero attached hydrogens (tertiary/aromatic N) is 4. The van der Waals surface area contributed by atoms with Crippen molar-refractivity contribution < 1.29 is 23.8 Å². The van der Waals surface area contributed by atoms with Gasteiger partial charge in [0.25, 0.3) is 5.91 Å². The molecule has 198 valence electrons. The number of amides is 1. The van der Waals surface area contributed by atoms with Crippen molar-refractivity contribution >= 4 is 28.4 Å². The third-order valence-electron chi connectivity index (χ3n) is 7.04. The maximum Gasteiger partial charge on any atom is 0.272 e. The fraction of sp³-hybridized carbons (Fsp3) is 0.333. The van der Waals surface area contributed by atoms with Crippen molar-refractivity contribution in [1.29, 1.82) is 0 Å². The highest BCUT2D eigenvalue weighted by atomic mass is 16.5. The predicted octanol–water partition coefficient (Wildman–Crippen LogP) is 2.32. The number of methoxy groups -OCH3 is 2. The third-order valence-corrected chi connectivity index (χ3v) is 7.04. The highest BCUT2D eigenvalue weighted by molar-refractivity contribution is 6.04. The normalized spacial score (nSPS) is 16.7. The molecule has 3 aromatic rings. The standard InChI is InChI=1S/C27H30N6O5/c1-32(29)31-25(28)16-7-8-21-18(13-16)20(34)15-27(38-21)9-11-33(12-10-27)26(35)19-14-23(37-3)17-5-4-6-22(36-2)24(17)30-19/h4-8,13-14H,9-12,15,29H2,1-3H3,(H2,28,31). The minimum absolute atomic E-state index is 0.0326. The summed E-state index contributed by atoms with van der Waals surface area (Å²) < 4.78 is 17.4. The molecule has 2 aromatic carbocycles. The van der Waals surface area contributed by atoms with E-state index >= 15 is 0 Å². The molecule has 2 aliphatic rings. The summed E-state index contributed by atoms with van der Waals surface area (Å²) in [4.78, 5) is 32.9. The SMILES string of the molecule is COc1cc(C(=O)N2CCC3(CC2)CC(=O)c2cc(/C(N)=N/N(C)N)ccc2O3)nc2c(OC)cccc12. The lowest BCUT2D eigenvalue weighted by molar-refractivity contribution is -0.00585. The second-order valence-electron chi connectivity index (χ2n) is 9.51. The zero-order chi connectivity index (χ0) is 27.0. The van der Waals surface area contributed by atoms with Crippen LogP contribution in [0.4, 0.5) is 0 Å². The van der Waals surface area contributed by atoms with Crippen molar-refractivity contribution in [3.8, 4) is 17.2 Å². The molecule has 1 saturated heterocycles. The minimum atomic E-state index is -0.669. The van der Waals surface area contributed by atoms with Gasteiger partial charge in [-0.3, -0.25) is 9.59 Å². The third kappa shape index (κ3) is 4.56. The summed E-state index contributed by atoms with van der Waals surface area (Å²) in [5.74, 6) is 7.12. The van der Waals surface area contributed by atoms with Crippen LogP contribution in [0.5, 0.6) is 17.2 Å². The monoisotopic (exact) mass is 518 g/mol. The Kier molecular flexibility index (Phi) is 6.53. The number of pyridine rings is 1. The molecular weight excluding hydrogens is 488 g/mol. The first-order chi connectivity index (χ1) is 18.2. The number of carbonyl (C=O) groups excluding carboxylic acids is 2. The van der Waals surface area contributed by atoms with Crippen LogP contribution in [0, 0.1) is 0 Å². The molecule has 1 spiro atoms. The summed E-state index contributed by atoms with van der Waals surface area (Å²) in [5, 5.41) is 5.86. The van der Waals surface area contributed by atoms with Gasteiger partial charge in [0, 0.05) is 50.0 Å². The molecule has 38 heavy (non-hydrogen) atoms. The van der Waals surface area contributed by atoms with Crippen LogP contribution in [0.25, 0.3) is 10.9 Å². The number of amidine groups is 1. The number of hydrazone groups is 1. The van der Waals surface area contributed by atoms with Gasteiger partial charge in [0.05, 0.1) is 26.2 Å². The molecule has 0 atom stereocenters. The average Bonchev–Trinajstić information content (AvgIpc) is 2.91. The maximum absolute atomic E-state index is 13.4. The van der Waals surface area contributed by atoms with Crippen molar-refractivity contribution in [2.24, 2.45) is 16.7 Å². The highest BCUT2D eigenvalue weighted by Gasteiger charge is 2.44. The molecule has 0 saturated carbocycles. The van der Waals surface area contributed by atoms with Crippen LogP contribution in [0.2, 0.25) is 0 Å². The van der Waals surface area contributed by atoms with Crippen molar-refractivity contribution in [2.45, 2.75) is 24.9 Å². The molecule has 0 unspecified atom stereocenters. The van der Waals surface area contributed by atoms with Gasteiger partial charge in [-0.05, 0) is 30.3 Å². The van der Waals surface area contributed by atoms with Crippen LogP contribution in [0.1, 0.15) is 45.7 Å². The van der Waals surface area contributed by atoms with Crippen LogP contribution in [-0.4, -0.2) is 72.5 Å². The summed E-state index contributed by atoms with van der Waals surface area (Å²) in [5.41, 5.74) is 7.20. The van der Waals surface area contributed by atoms with E-state index in [1.54, 1.807) is 56.5 Å². The zero-order valence-electron chi connectivity index (χ0n) is 21.6. The Bertz CT molecular complexity index is 1450. The van der Waals surface area contributed by atoms with E-state index in [9.17, 15) is 9.59 Å². The van der Waals surface area contributed by atoms with Crippen LogP contribution in [-0.2, 0) is 0 Å². The van der Waals surface area contributed by atoms with E-state index in [-0.39, 0.29) is 29.6 Å². The molecule has 0 radical (unpaired) electrons. The number of rotatable bonds is 5. The molecule has 1 amide bonds. The van der Waals surface area contributed by atoms with E-state index in [0.717, 1.165) is 10.5 Å². The van der Waals surface area contributed by atoms with E-state index < -0.39 is 5.60 Å². The van der Waals surface area contributed by atoms with Gasteiger partial charge in [-0.15, -0.1) is 5.10 Å². The second-order valence-corrected chi connectivity index (χ2v) is 9.51. The van der Waals surface area contributed by atoms with E-state index in [1.807, 2.05) is 12.1 Å². The Morgan fingerprint density at radius 3 is 2.55 bits per heavy atom. The largest absolute Gasteiger partial charge is 0.496 e. The zero-order valence-corrected chi connectivity index (χ0v) is 21.6. The van der Waals surface area contributed by atoms with Crippen molar-refractivity contribution in [3.05, 3.63) is 59.3 Å². The summed E-state index contributed by atoms with van der Waals surface area (Å²) in [6.45, 7) is 0.853. The Morgan fingerprint density at radius 2 is 1.87 bits per heavy atom. The Labute approximate surface area is 219 Å². The van der Waals surface area contributed by atoms with Gasteiger partial charge in [-0.25, -0.2) is 15.9 Å². The molecule has 1 aromatic heterocycles. The average molecular weight is 519 g/mol. The number of likely N-dealkylation sites (tertiary alicyclic amines) is 1. The van der Waals surface area contributed by atoms with Gasteiger partial charge >= 0.3 is 0 Å². The topological polar surface area (TPSA) is 146 Å². The van der Waals surface area contributed by atoms with Gasteiger partial charge in [0.15, 0.2) is 11.6 Å². The lowest BCUT2D eigenvalue weighted by Crippen LogP contribution is -2.52. The number of nitrogens with two attached hydrogens (primary N) is 2. The number of benzene rings is 2. The van der Waals surface area contributed by atoms with Crippen molar-refractivity contribution in [1.82, 2.24) is 15.0 Å². The molecule has 0 aliphatic carbocycles. The lowest BCUT2D eigenvalue weighted by atomic mass is 9.82. The van der Waals surface area contributed by atoms with E-state index in [0.29, 0.717) is 59.8 Å². The van der Waals surface area contributed by atoms with Gasteiger partial charge in [0.1, 0.15) is 34.1 Å². The number of hydrazine groups is 1. The fourth-order valence-corrected chi connectivity index (χ4v) is 5.07. The molecule has 11 nitrogen and oxygen atoms in total. The van der Waals surface area contributed by atoms with E-state index in [1.165, 1.54) is 0 Å². The molecule has 1 fully saturated rings. The molecule has 3 heterocycles. The van der Waals surface area contributed by atoms with Crippen LogP contribution >= 0.6 is 0 Å². The molecule has 11 heteroatoms. The number of Topliss-reactive ketones (excluding diaryl/α,β-unsaturated/α-hetero) is 1. The van der Waals surface area contributed by atoms with Gasteiger partial charge in [-0.1, -0.05) is 6.07 Å². The van der Waals surface area contributed by atoms with E-state index in [2.05, 4.69) is 10.1 Å². The van der Waals surface area contributed by atoms with E-state index in [4.69, 9.17) is 25.8 Å². The molecular formula is C27H30N6O5. The smallest absolute Gasteiger partial charge is 0.272 e. The van der Waals surface area contributed by atoms with Crippen LogP contribution in [0.3, 0.4) is 0 Å². The van der Waals surface area contributed by atoms with Gasteiger partial charge in [0.2, 0.25) is 0 Å². The number of ketones is 1.